The molecule has 0 fully saturated rings. The SMILES string of the molecule is Cc1cccc(CNC(=O)c2cc(C)nc(Nc3ccc(Cl)cc3C)n2)c1. The van der Waals surface area contributed by atoms with Gasteiger partial charge in [-0.15, -0.1) is 0 Å². The normalized spacial score (nSPS) is 10.5. The number of rotatable bonds is 5. The highest BCUT2D eigenvalue weighted by Gasteiger charge is 2.11. The van der Waals surface area contributed by atoms with E-state index in [1.165, 1.54) is 0 Å². The molecule has 0 saturated heterocycles. The molecule has 2 aromatic carbocycles. The molecule has 138 valence electrons. The van der Waals surface area contributed by atoms with Crippen LogP contribution in [0.4, 0.5) is 11.6 Å². The molecule has 2 N–H and O–H groups in total. The molecule has 3 rings (SSSR count). The highest BCUT2D eigenvalue weighted by atomic mass is 35.5. The van der Waals surface area contributed by atoms with Crippen LogP contribution in [0.15, 0.2) is 48.5 Å². The Bertz CT molecular complexity index is 988. The second-order valence-electron chi connectivity index (χ2n) is 6.47. The Morgan fingerprint density at radius 3 is 2.59 bits per heavy atom. The molecular formula is C21H21ClN4O. The van der Waals surface area contributed by atoms with E-state index in [2.05, 4.69) is 20.6 Å². The summed E-state index contributed by atoms with van der Waals surface area (Å²) in [4.78, 5) is 21.2. The first kappa shape index (κ1) is 18.9. The van der Waals surface area contributed by atoms with Crippen molar-refractivity contribution in [3.8, 4) is 0 Å². The van der Waals surface area contributed by atoms with Crippen molar-refractivity contribution < 1.29 is 4.79 Å². The molecule has 0 spiro atoms. The molecule has 0 unspecified atom stereocenters. The van der Waals surface area contributed by atoms with Crippen molar-refractivity contribution in [2.24, 2.45) is 0 Å². The number of aromatic nitrogens is 2. The molecular weight excluding hydrogens is 360 g/mol. The predicted octanol–water partition coefficient (Wildman–Crippen LogP) is 4.73. The Hall–Kier alpha value is -2.92. The first-order valence-electron chi connectivity index (χ1n) is 8.63. The number of hydrogen-bond acceptors (Lipinski definition) is 4. The average molecular weight is 381 g/mol. The number of hydrogen-bond donors (Lipinski definition) is 2. The van der Waals surface area contributed by atoms with Gasteiger partial charge in [0.05, 0.1) is 0 Å². The lowest BCUT2D eigenvalue weighted by molar-refractivity contribution is 0.0945. The van der Waals surface area contributed by atoms with Crippen LogP contribution in [0.1, 0.15) is 32.9 Å². The fraction of sp³-hybridized carbons (Fsp3) is 0.190. The van der Waals surface area contributed by atoms with Crippen LogP contribution in [0.25, 0.3) is 0 Å². The van der Waals surface area contributed by atoms with Crippen LogP contribution in [0.3, 0.4) is 0 Å². The summed E-state index contributed by atoms with van der Waals surface area (Å²) in [6, 6.07) is 15.2. The quantitative estimate of drug-likeness (QED) is 0.671. The number of anilines is 2. The average Bonchev–Trinajstić information content (AvgIpc) is 2.62. The van der Waals surface area contributed by atoms with Crippen molar-refractivity contribution in [3.63, 3.8) is 0 Å². The van der Waals surface area contributed by atoms with Gasteiger partial charge in [0.15, 0.2) is 0 Å². The second-order valence-corrected chi connectivity index (χ2v) is 6.91. The van der Waals surface area contributed by atoms with E-state index in [4.69, 9.17) is 11.6 Å². The summed E-state index contributed by atoms with van der Waals surface area (Å²) >= 11 is 6.00. The molecule has 0 aliphatic carbocycles. The van der Waals surface area contributed by atoms with Gasteiger partial charge < -0.3 is 10.6 Å². The highest BCUT2D eigenvalue weighted by molar-refractivity contribution is 6.30. The number of halogens is 1. The fourth-order valence-corrected chi connectivity index (χ4v) is 2.95. The first-order chi connectivity index (χ1) is 12.9. The van der Waals surface area contributed by atoms with Crippen molar-refractivity contribution >= 4 is 29.1 Å². The minimum atomic E-state index is -0.238. The molecule has 0 radical (unpaired) electrons. The van der Waals surface area contributed by atoms with E-state index in [1.807, 2.05) is 57.2 Å². The predicted molar refractivity (Wildman–Crippen MR) is 109 cm³/mol. The molecule has 6 heteroatoms. The van der Waals surface area contributed by atoms with Crippen molar-refractivity contribution in [3.05, 3.63) is 81.6 Å². The third-order valence-electron chi connectivity index (χ3n) is 4.06. The number of carbonyl (C=O) groups excluding carboxylic acids is 1. The summed E-state index contributed by atoms with van der Waals surface area (Å²) in [6.45, 7) is 6.25. The monoisotopic (exact) mass is 380 g/mol. The van der Waals surface area contributed by atoms with Crippen LogP contribution >= 0.6 is 11.6 Å². The van der Waals surface area contributed by atoms with Gasteiger partial charge in [0.1, 0.15) is 5.69 Å². The molecule has 1 aromatic heterocycles. The van der Waals surface area contributed by atoms with Gasteiger partial charge in [0.25, 0.3) is 5.91 Å². The maximum atomic E-state index is 12.5. The second kappa shape index (κ2) is 8.18. The van der Waals surface area contributed by atoms with Gasteiger partial charge in [0, 0.05) is 22.9 Å². The molecule has 27 heavy (non-hydrogen) atoms. The Balaban J connectivity index is 1.75. The maximum absolute atomic E-state index is 12.5. The molecule has 3 aromatic rings. The fourth-order valence-electron chi connectivity index (χ4n) is 2.72. The van der Waals surface area contributed by atoms with E-state index in [-0.39, 0.29) is 5.91 Å². The van der Waals surface area contributed by atoms with Crippen LogP contribution in [-0.4, -0.2) is 15.9 Å². The Morgan fingerprint density at radius 2 is 1.85 bits per heavy atom. The van der Waals surface area contributed by atoms with E-state index >= 15 is 0 Å². The number of nitrogens with zero attached hydrogens (tertiary/aromatic N) is 2. The van der Waals surface area contributed by atoms with E-state index in [1.54, 1.807) is 12.1 Å². The number of nitrogens with one attached hydrogen (secondary N) is 2. The van der Waals surface area contributed by atoms with Crippen LogP contribution in [-0.2, 0) is 6.54 Å². The van der Waals surface area contributed by atoms with Gasteiger partial charge in [-0.2, -0.15) is 0 Å². The lowest BCUT2D eigenvalue weighted by Gasteiger charge is -2.11. The van der Waals surface area contributed by atoms with Gasteiger partial charge in [-0.25, -0.2) is 9.97 Å². The van der Waals surface area contributed by atoms with E-state index in [0.29, 0.717) is 28.9 Å². The summed E-state index contributed by atoms with van der Waals surface area (Å²) < 4.78 is 0. The minimum absolute atomic E-state index is 0.238. The third kappa shape index (κ3) is 5.05. The van der Waals surface area contributed by atoms with E-state index in [0.717, 1.165) is 22.4 Å². The standard InChI is InChI=1S/C21H21ClN4O/c1-13-5-4-6-16(9-13)12-23-20(27)19-11-15(3)24-21(26-19)25-18-8-7-17(22)10-14(18)2/h4-11H,12H2,1-3H3,(H,23,27)(H,24,25,26). The topological polar surface area (TPSA) is 66.9 Å². The molecule has 1 heterocycles. The van der Waals surface area contributed by atoms with Crippen LogP contribution in [0.5, 0.6) is 0 Å². The van der Waals surface area contributed by atoms with E-state index < -0.39 is 0 Å². The summed E-state index contributed by atoms with van der Waals surface area (Å²) in [5, 5.41) is 6.73. The Kier molecular flexibility index (Phi) is 5.72. The zero-order chi connectivity index (χ0) is 19.4. The van der Waals surface area contributed by atoms with Crippen molar-refractivity contribution in [1.29, 1.82) is 0 Å². The number of aryl methyl sites for hydroxylation is 3. The number of carbonyl (C=O) groups is 1. The van der Waals surface area contributed by atoms with E-state index in [9.17, 15) is 4.79 Å². The molecule has 0 atom stereocenters. The van der Waals surface area contributed by atoms with Gasteiger partial charge in [-0.1, -0.05) is 41.4 Å². The molecule has 5 nitrogen and oxygen atoms in total. The van der Waals surface area contributed by atoms with Crippen LogP contribution in [0.2, 0.25) is 5.02 Å². The lowest BCUT2D eigenvalue weighted by atomic mass is 10.1. The van der Waals surface area contributed by atoms with Gasteiger partial charge in [0.2, 0.25) is 5.95 Å². The lowest BCUT2D eigenvalue weighted by Crippen LogP contribution is -2.24. The van der Waals surface area contributed by atoms with Gasteiger partial charge in [-0.3, -0.25) is 4.79 Å². The van der Waals surface area contributed by atoms with Gasteiger partial charge in [-0.05, 0) is 56.2 Å². The number of benzene rings is 2. The third-order valence-corrected chi connectivity index (χ3v) is 4.29. The highest BCUT2D eigenvalue weighted by Crippen LogP contribution is 2.22. The van der Waals surface area contributed by atoms with Crippen LogP contribution in [0, 0.1) is 20.8 Å². The summed E-state index contributed by atoms with van der Waals surface area (Å²) in [6.07, 6.45) is 0. The van der Waals surface area contributed by atoms with Crippen molar-refractivity contribution in [1.82, 2.24) is 15.3 Å². The molecule has 0 bridgehead atoms. The van der Waals surface area contributed by atoms with Gasteiger partial charge >= 0.3 is 0 Å². The zero-order valence-electron chi connectivity index (χ0n) is 15.5. The molecule has 0 aliphatic rings. The maximum Gasteiger partial charge on any atom is 0.270 e. The first-order valence-corrected chi connectivity index (χ1v) is 9.01. The Labute approximate surface area is 163 Å². The van der Waals surface area contributed by atoms with Crippen molar-refractivity contribution in [2.45, 2.75) is 27.3 Å². The summed E-state index contributed by atoms with van der Waals surface area (Å²) in [5.41, 5.74) is 5.05. The van der Waals surface area contributed by atoms with Crippen molar-refractivity contribution in [2.75, 3.05) is 5.32 Å². The molecule has 1 amide bonds. The molecule has 0 aliphatic heterocycles. The smallest absolute Gasteiger partial charge is 0.270 e. The number of amides is 1. The zero-order valence-corrected chi connectivity index (χ0v) is 16.3. The summed E-state index contributed by atoms with van der Waals surface area (Å²) in [7, 11) is 0. The minimum Gasteiger partial charge on any atom is -0.347 e. The summed E-state index contributed by atoms with van der Waals surface area (Å²) in [5.74, 6) is 0.138. The Morgan fingerprint density at radius 1 is 1.04 bits per heavy atom. The van der Waals surface area contributed by atoms with Crippen LogP contribution < -0.4 is 10.6 Å². The largest absolute Gasteiger partial charge is 0.347 e. The molecule has 0 saturated carbocycles.